The number of rotatable bonds is 14. The van der Waals surface area contributed by atoms with Gasteiger partial charge >= 0.3 is 5.97 Å². The second-order valence-corrected chi connectivity index (χ2v) is 5.48. The Balaban J connectivity index is 3.24. The maximum Gasteiger partial charge on any atom is 0.305 e. The summed E-state index contributed by atoms with van der Waals surface area (Å²) in [5, 5.41) is 2.94. The van der Waals surface area contributed by atoms with Gasteiger partial charge in [-0.1, -0.05) is 45.4 Å². The molecule has 4 nitrogen and oxygen atoms in total. The van der Waals surface area contributed by atoms with E-state index in [1.807, 2.05) is 6.92 Å². The van der Waals surface area contributed by atoms with E-state index in [0.717, 1.165) is 38.6 Å². The number of amides is 1. The van der Waals surface area contributed by atoms with Gasteiger partial charge in [0.05, 0.1) is 6.61 Å². The second kappa shape index (κ2) is 15.3. The molecule has 124 valence electrons. The first-order valence-corrected chi connectivity index (χ1v) is 8.63. The standard InChI is InChI=1S/C17H33NO3/c1-3-5-6-7-8-10-13-16(19)18-15-12-9-11-14-17(20)21-4-2/h3-15H2,1-2H3,(H,18,19). The maximum absolute atomic E-state index is 11.6. The third-order valence-corrected chi connectivity index (χ3v) is 3.44. The maximum atomic E-state index is 11.6. The van der Waals surface area contributed by atoms with Gasteiger partial charge in [-0.25, -0.2) is 0 Å². The van der Waals surface area contributed by atoms with E-state index in [1.54, 1.807) is 0 Å². The van der Waals surface area contributed by atoms with Crippen LogP contribution in [0.15, 0.2) is 0 Å². The quantitative estimate of drug-likeness (QED) is 0.390. The zero-order valence-electron chi connectivity index (χ0n) is 13.9. The van der Waals surface area contributed by atoms with E-state index in [9.17, 15) is 9.59 Å². The van der Waals surface area contributed by atoms with E-state index in [0.29, 0.717) is 19.4 Å². The molecule has 0 aromatic carbocycles. The summed E-state index contributed by atoms with van der Waals surface area (Å²) < 4.78 is 4.86. The smallest absolute Gasteiger partial charge is 0.305 e. The molecule has 0 heterocycles. The van der Waals surface area contributed by atoms with Crippen LogP contribution in [-0.2, 0) is 14.3 Å². The first kappa shape index (κ1) is 19.9. The van der Waals surface area contributed by atoms with Crippen LogP contribution in [0.1, 0.15) is 84.5 Å². The number of carbonyl (C=O) groups is 2. The highest BCUT2D eigenvalue weighted by atomic mass is 16.5. The van der Waals surface area contributed by atoms with Crippen molar-refractivity contribution in [2.45, 2.75) is 84.5 Å². The van der Waals surface area contributed by atoms with Gasteiger partial charge in [-0.3, -0.25) is 9.59 Å². The molecule has 0 radical (unpaired) electrons. The van der Waals surface area contributed by atoms with Crippen LogP contribution in [0.5, 0.6) is 0 Å². The number of unbranched alkanes of at least 4 members (excludes halogenated alkanes) is 7. The third-order valence-electron chi connectivity index (χ3n) is 3.44. The summed E-state index contributed by atoms with van der Waals surface area (Å²) in [7, 11) is 0. The number of nitrogens with one attached hydrogen (secondary N) is 1. The number of hydrogen-bond acceptors (Lipinski definition) is 3. The first-order valence-electron chi connectivity index (χ1n) is 8.63. The van der Waals surface area contributed by atoms with E-state index in [4.69, 9.17) is 4.74 Å². The van der Waals surface area contributed by atoms with Crippen LogP contribution in [0.4, 0.5) is 0 Å². The van der Waals surface area contributed by atoms with Gasteiger partial charge in [0.1, 0.15) is 0 Å². The molecule has 4 heteroatoms. The lowest BCUT2D eigenvalue weighted by Gasteiger charge is -2.05. The Labute approximate surface area is 130 Å². The highest BCUT2D eigenvalue weighted by Crippen LogP contribution is 2.06. The normalized spacial score (nSPS) is 10.4. The van der Waals surface area contributed by atoms with Crippen LogP contribution in [0, 0.1) is 0 Å². The predicted molar refractivity (Wildman–Crippen MR) is 86.1 cm³/mol. The summed E-state index contributed by atoms with van der Waals surface area (Å²) in [6.45, 7) is 5.20. The van der Waals surface area contributed by atoms with Crippen LogP contribution >= 0.6 is 0 Å². The summed E-state index contributed by atoms with van der Waals surface area (Å²) >= 11 is 0. The highest BCUT2D eigenvalue weighted by Gasteiger charge is 2.02. The van der Waals surface area contributed by atoms with Gasteiger partial charge in [0.2, 0.25) is 5.91 Å². The topological polar surface area (TPSA) is 55.4 Å². The van der Waals surface area contributed by atoms with Gasteiger partial charge < -0.3 is 10.1 Å². The molecule has 1 amide bonds. The third kappa shape index (κ3) is 15.2. The van der Waals surface area contributed by atoms with Crippen molar-refractivity contribution in [1.29, 1.82) is 0 Å². The molecule has 0 rings (SSSR count). The summed E-state index contributed by atoms with van der Waals surface area (Å²) in [5.41, 5.74) is 0. The summed E-state index contributed by atoms with van der Waals surface area (Å²) in [4.78, 5) is 22.7. The molecule has 0 aliphatic heterocycles. The van der Waals surface area contributed by atoms with E-state index in [1.165, 1.54) is 25.7 Å². The van der Waals surface area contributed by atoms with Gasteiger partial charge in [0.25, 0.3) is 0 Å². The van der Waals surface area contributed by atoms with Gasteiger partial charge in [-0.2, -0.15) is 0 Å². The van der Waals surface area contributed by atoms with Crippen LogP contribution < -0.4 is 5.32 Å². The molecule has 0 saturated carbocycles. The van der Waals surface area contributed by atoms with Crippen molar-refractivity contribution in [3.63, 3.8) is 0 Å². The zero-order valence-corrected chi connectivity index (χ0v) is 13.9. The Kier molecular flexibility index (Phi) is 14.6. The van der Waals surface area contributed by atoms with Crippen LogP contribution in [-0.4, -0.2) is 25.0 Å². The molecular formula is C17H33NO3. The number of hydrogen-bond donors (Lipinski definition) is 1. The lowest BCUT2D eigenvalue weighted by molar-refractivity contribution is -0.143. The minimum atomic E-state index is -0.121. The van der Waals surface area contributed by atoms with E-state index in [-0.39, 0.29) is 11.9 Å². The Bertz CT molecular complexity index is 267. The molecule has 21 heavy (non-hydrogen) atoms. The van der Waals surface area contributed by atoms with Crippen molar-refractivity contribution < 1.29 is 14.3 Å². The Morgan fingerprint density at radius 3 is 2.14 bits per heavy atom. The molecule has 0 saturated heterocycles. The van der Waals surface area contributed by atoms with E-state index < -0.39 is 0 Å². The Morgan fingerprint density at radius 1 is 0.810 bits per heavy atom. The molecule has 0 aromatic heterocycles. The van der Waals surface area contributed by atoms with Crippen molar-refractivity contribution in [3.8, 4) is 0 Å². The van der Waals surface area contributed by atoms with Gasteiger partial charge in [-0.15, -0.1) is 0 Å². The lowest BCUT2D eigenvalue weighted by atomic mass is 10.1. The summed E-state index contributed by atoms with van der Waals surface area (Å²) in [6, 6.07) is 0. The van der Waals surface area contributed by atoms with Gasteiger partial charge in [0, 0.05) is 19.4 Å². The van der Waals surface area contributed by atoms with Crippen LogP contribution in [0.2, 0.25) is 0 Å². The molecule has 0 atom stereocenters. The number of carbonyl (C=O) groups excluding carboxylic acids is 2. The molecular weight excluding hydrogens is 266 g/mol. The molecule has 0 aliphatic rings. The van der Waals surface area contributed by atoms with Crippen molar-refractivity contribution in [2.24, 2.45) is 0 Å². The Morgan fingerprint density at radius 2 is 1.43 bits per heavy atom. The predicted octanol–water partition coefficient (Wildman–Crippen LogP) is 3.98. The average Bonchev–Trinajstić information content (AvgIpc) is 2.46. The molecule has 0 unspecified atom stereocenters. The minimum Gasteiger partial charge on any atom is -0.466 e. The summed E-state index contributed by atoms with van der Waals surface area (Å²) in [6.07, 6.45) is 11.1. The fraction of sp³-hybridized carbons (Fsp3) is 0.882. The van der Waals surface area contributed by atoms with Crippen molar-refractivity contribution in [3.05, 3.63) is 0 Å². The van der Waals surface area contributed by atoms with Crippen molar-refractivity contribution in [1.82, 2.24) is 5.32 Å². The van der Waals surface area contributed by atoms with Gasteiger partial charge in [0.15, 0.2) is 0 Å². The van der Waals surface area contributed by atoms with Crippen molar-refractivity contribution >= 4 is 11.9 Å². The molecule has 0 spiro atoms. The average molecular weight is 299 g/mol. The molecule has 0 aromatic rings. The second-order valence-electron chi connectivity index (χ2n) is 5.48. The minimum absolute atomic E-state index is 0.121. The van der Waals surface area contributed by atoms with E-state index >= 15 is 0 Å². The van der Waals surface area contributed by atoms with Crippen molar-refractivity contribution in [2.75, 3.05) is 13.2 Å². The fourth-order valence-corrected chi connectivity index (χ4v) is 2.19. The molecule has 0 fully saturated rings. The highest BCUT2D eigenvalue weighted by molar-refractivity contribution is 5.75. The number of esters is 1. The fourth-order valence-electron chi connectivity index (χ4n) is 2.19. The largest absolute Gasteiger partial charge is 0.466 e. The van der Waals surface area contributed by atoms with Crippen LogP contribution in [0.3, 0.4) is 0 Å². The zero-order chi connectivity index (χ0) is 15.8. The number of ether oxygens (including phenoxy) is 1. The summed E-state index contributed by atoms with van der Waals surface area (Å²) in [5.74, 6) is 0.0421. The SMILES string of the molecule is CCCCCCCCC(=O)NCCCCCC(=O)OCC. The molecule has 1 N–H and O–H groups in total. The lowest BCUT2D eigenvalue weighted by Crippen LogP contribution is -2.24. The molecule has 0 aliphatic carbocycles. The van der Waals surface area contributed by atoms with Gasteiger partial charge in [-0.05, 0) is 26.2 Å². The molecule has 0 bridgehead atoms. The van der Waals surface area contributed by atoms with Crippen LogP contribution in [0.25, 0.3) is 0 Å². The Hall–Kier alpha value is -1.06. The first-order chi connectivity index (χ1) is 10.2. The van der Waals surface area contributed by atoms with E-state index in [2.05, 4.69) is 12.2 Å². The monoisotopic (exact) mass is 299 g/mol.